The van der Waals surface area contributed by atoms with E-state index in [1.807, 2.05) is 78.9 Å². The molecule has 10 atom stereocenters. The molecule has 4 saturated carbocycles. The number of benzene rings is 4. The smallest absolute Gasteiger partial charge is 0.408 e. The predicted octanol–water partition coefficient (Wildman–Crippen LogP) is 10.9. The molecule has 37 nitrogen and oxygen atoms in total. The number of primary sulfonamides is 1. The number of ether oxygens (including phenoxy) is 6. The number of nitrogens with one attached hydrogen (secondary N) is 7. The van der Waals surface area contributed by atoms with Gasteiger partial charge in [0.15, 0.2) is 21.0 Å². The minimum absolute atomic E-state index is 0.00883. The molecule has 4 aromatic heterocycles. The average molecular weight is 1870 g/mol. The van der Waals surface area contributed by atoms with Crippen molar-refractivity contribution in [3.63, 3.8) is 0 Å². The first-order valence-corrected chi connectivity index (χ1v) is 46.4. The number of likely N-dealkylation sites (tertiary alicyclic amines) is 2. The molecule has 8 aromatic rings. The molecule has 9 amide bonds. The highest BCUT2D eigenvalue weighted by Gasteiger charge is 2.67. The molecule has 39 heteroatoms. The number of anilines is 2. The molecule has 6 heterocycles. The Morgan fingerprint density at radius 3 is 1.23 bits per heavy atom. The molecule has 2 unspecified atom stereocenters. The fourth-order valence-corrected chi connectivity index (χ4v) is 18.7. The van der Waals surface area contributed by atoms with Gasteiger partial charge >= 0.3 is 18.2 Å². The predicted molar refractivity (Wildman–Crippen MR) is 491 cm³/mol. The van der Waals surface area contributed by atoms with Crippen LogP contribution in [0.4, 0.5) is 21.0 Å². The van der Waals surface area contributed by atoms with Gasteiger partial charge in [0.05, 0.1) is 49.7 Å². The van der Waals surface area contributed by atoms with Gasteiger partial charge in [0.25, 0.3) is 5.91 Å². The van der Waals surface area contributed by atoms with Crippen molar-refractivity contribution in [1.29, 1.82) is 0 Å². The van der Waals surface area contributed by atoms with Crippen LogP contribution in [-0.4, -0.2) is 207 Å². The summed E-state index contributed by atoms with van der Waals surface area (Å²) in [6, 6.07) is 28.8. The average Bonchev–Trinajstić information content (AvgIpc) is 1.55. The number of nitrogens with two attached hydrogens (primary N) is 1. The standard InChI is InChI=1S/C47H57N7O11S.C38H46N4O8.C9H13N3O4S/c1-11-29-24-47(29,42(58)53-66(60,61)46(19-20-46)41(57)49-37-26(2)52-65-27(37)3)51-39(55)35-22-31(25-54(35)40(56)38(44(4,5)6)50-43(59)64-45(7,8)9)63-36-23-33(28-15-13-12-14-16-28)48-34-21-30(62-10)17-18-32(34)36;1-9-23-20-38(23,34(45)46)41-32(43)29-18-25(21-42(29)33(44)31(36(2,3)4)40-35(47)50-37(5,6)7)49-30-19-27(22-13-11-10-12-14-22)39-28-17-24(48-8)15-16-26(28)30;1-5-7(6(2)16-12-5)11-8(13)9(3-4-9)17(10,14)15/h11-18,21,23,29,31,35,38H,1,19-20,22,24-25H2,2-10H3,(H,49,57)(H,50,59)(H,51,55)(H,53,58);9-17,19,23,25,29,31H,1,18,20-21H2,2-8H3,(H,40,47)(H,41,43)(H,45,46);3-4H2,1-2H3,(H,11,13)(H2,10,14,15)/t29?,31-,35+,38-,47-;23?,25-,29+,31-,38-;/m11./s1. The number of fused-ring (bicyclic) bond motifs is 2. The number of carboxylic acid groups (broad SMARTS) is 1. The van der Waals surface area contributed by atoms with Crippen LogP contribution in [0.2, 0.25) is 0 Å². The van der Waals surface area contributed by atoms with Gasteiger partial charge in [-0.2, -0.15) is 0 Å². The zero-order valence-electron chi connectivity index (χ0n) is 77.7. The minimum atomic E-state index is -4.67. The molecule has 0 spiro atoms. The van der Waals surface area contributed by atoms with Crippen molar-refractivity contribution < 1.29 is 107 Å². The number of carboxylic acids is 1. The van der Waals surface area contributed by atoms with E-state index in [4.69, 9.17) is 52.6 Å². The molecule has 6 aliphatic rings. The van der Waals surface area contributed by atoms with Crippen LogP contribution < -0.4 is 60.7 Å². The van der Waals surface area contributed by atoms with Crippen molar-refractivity contribution in [1.82, 2.24) is 56.1 Å². The van der Waals surface area contributed by atoms with Gasteiger partial charge in [0.1, 0.15) is 104 Å². The second-order valence-electron chi connectivity index (χ2n) is 38.5. The van der Waals surface area contributed by atoms with Crippen LogP contribution >= 0.6 is 0 Å². The fraction of sp³-hybridized carbons (Fsp3) is 0.468. The van der Waals surface area contributed by atoms with Crippen molar-refractivity contribution in [2.45, 2.75) is 230 Å². The van der Waals surface area contributed by atoms with Gasteiger partial charge in [-0.15, -0.1) is 13.2 Å². The Hall–Kier alpha value is -13.0. The van der Waals surface area contributed by atoms with Crippen LogP contribution in [0.5, 0.6) is 23.0 Å². The van der Waals surface area contributed by atoms with Crippen molar-refractivity contribution in [2.75, 3.05) is 37.9 Å². The molecule has 10 N–H and O–H groups in total. The summed E-state index contributed by atoms with van der Waals surface area (Å²) in [5, 5.41) is 39.9. The van der Waals surface area contributed by atoms with Gasteiger partial charge in [0, 0.05) is 70.8 Å². The lowest BCUT2D eigenvalue weighted by atomic mass is 9.85. The summed E-state index contributed by atoms with van der Waals surface area (Å²) in [6.07, 6.45) is 0.393. The monoisotopic (exact) mass is 1870 g/mol. The second kappa shape index (κ2) is 37.5. The molecule has 0 radical (unpaired) electrons. The van der Waals surface area contributed by atoms with E-state index in [0.717, 1.165) is 11.1 Å². The minimum Gasteiger partial charge on any atom is -0.497 e. The number of sulfonamides is 2. The van der Waals surface area contributed by atoms with Gasteiger partial charge < -0.3 is 84.3 Å². The summed E-state index contributed by atoms with van der Waals surface area (Å²) in [6.45, 7) is 34.7. The number of nitrogens with zero attached hydrogens (tertiary/aromatic N) is 6. The molecule has 712 valence electrons. The number of alkyl carbamates (subject to hydrolysis) is 2. The fourth-order valence-electron chi connectivity index (χ4n) is 16.1. The van der Waals surface area contributed by atoms with Gasteiger partial charge in [0.2, 0.25) is 55.5 Å². The quantitative estimate of drug-likeness (QED) is 0.0216. The molecule has 4 aromatic carbocycles. The van der Waals surface area contributed by atoms with E-state index in [0.29, 0.717) is 79.0 Å². The van der Waals surface area contributed by atoms with Crippen molar-refractivity contribution in [2.24, 2.45) is 27.8 Å². The molecule has 2 aliphatic heterocycles. The van der Waals surface area contributed by atoms with Crippen LogP contribution in [0.1, 0.15) is 157 Å². The van der Waals surface area contributed by atoms with Gasteiger partial charge in [-0.3, -0.25) is 38.3 Å². The number of hydrogen-bond acceptors (Lipinski definition) is 26. The maximum atomic E-state index is 14.9. The third kappa shape index (κ3) is 21.7. The Bertz CT molecular complexity index is 6090. The number of pyridine rings is 2. The van der Waals surface area contributed by atoms with E-state index in [1.54, 1.807) is 155 Å². The first kappa shape index (κ1) is 99.0. The first-order valence-electron chi connectivity index (χ1n) is 43.4. The normalized spacial score (nSPS) is 21.3. The van der Waals surface area contributed by atoms with E-state index in [2.05, 4.69) is 60.1 Å². The van der Waals surface area contributed by atoms with E-state index in [-0.39, 0.29) is 75.9 Å². The lowest BCUT2D eigenvalue weighted by molar-refractivity contribution is -0.146. The Morgan fingerprint density at radius 1 is 0.534 bits per heavy atom. The number of aromatic nitrogens is 4. The van der Waals surface area contributed by atoms with E-state index < -0.39 is 170 Å². The summed E-state index contributed by atoms with van der Waals surface area (Å²) in [5.41, 5.74) is -1.05. The van der Waals surface area contributed by atoms with Crippen LogP contribution in [0.3, 0.4) is 0 Å². The summed E-state index contributed by atoms with van der Waals surface area (Å²) < 4.78 is 94.4. The number of methoxy groups -OCH3 is 2. The van der Waals surface area contributed by atoms with Crippen molar-refractivity contribution in [3.8, 4) is 45.5 Å². The number of hydrogen-bond donors (Lipinski definition) is 9. The van der Waals surface area contributed by atoms with Crippen LogP contribution in [0.15, 0.2) is 144 Å². The molecular weight excluding hydrogens is 1760 g/mol. The first-order chi connectivity index (χ1) is 62.1. The Kier molecular flexibility index (Phi) is 27.9. The topological polar surface area (TPSA) is 509 Å². The third-order valence-corrected chi connectivity index (χ3v) is 27.8. The molecule has 14 rings (SSSR count). The number of aliphatic carboxylic acids is 1. The molecular formula is C94H116N14O23S2. The second-order valence-corrected chi connectivity index (χ2v) is 42.3. The largest absolute Gasteiger partial charge is 0.497 e. The summed E-state index contributed by atoms with van der Waals surface area (Å²) in [7, 11) is -5.43. The highest BCUT2D eigenvalue weighted by molar-refractivity contribution is 7.92. The van der Waals surface area contributed by atoms with Crippen molar-refractivity contribution in [3.05, 3.63) is 157 Å². The lowest BCUT2D eigenvalue weighted by Gasteiger charge is -2.36. The highest BCUT2D eigenvalue weighted by Crippen LogP contribution is 2.50. The van der Waals surface area contributed by atoms with E-state index in [1.165, 1.54) is 22.0 Å². The number of carbonyl (C=O) groups is 10. The SMILES string of the molecule is C=CC1C[C@]1(NC(=O)[C@@H]1C[C@@H](Oc2cc(-c3ccccc3)nc3cc(OC)ccc23)CN1C(=O)[C@@H](NC(=O)OC(C)(C)C)C(C)(C)C)C(=O)NS(=O)(=O)C1(C(=O)Nc2c(C)noc2C)CC1.C=CC1C[C@]1(NC(=O)[C@@H]1C[C@@H](Oc2cc(-c3ccccc3)nc3cc(OC)ccc23)CN1C(=O)[C@@H](NC(=O)OC(C)(C)C)C(C)(C)C)C(=O)O.Cc1noc(C)c1NC(=O)C1(S(N)(=O)=O)CC1. The van der Waals surface area contributed by atoms with Gasteiger partial charge in [-0.25, -0.2) is 46.3 Å². The van der Waals surface area contributed by atoms with E-state index >= 15 is 0 Å². The Labute approximate surface area is 771 Å². The van der Waals surface area contributed by atoms with Crippen molar-refractivity contribution >= 4 is 113 Å². The van der Waals surface area contributed by atoms with Gasteiger partial charge in [-0.05, 0) is 143 Å². The molecule has 2 saturated heterocycles. The van der Waals surface area contributed by atoms with Gasteiger partial charge in [-0.1, -0.05) is 125 Å². The number of amides is 9. The molecule has 133 heavy (non-hydrogen) atoms. The summed E-state index contributed by atoms with van der Waals surface area (Å²) >= 11 is 0. The van der Waals surface area contributed by atoms with Crippen LogP contribution in [0, 0.1) is 50.4 Å². The zero-order valence-corrected chi connectivity index (χ0v) is 79.3. The maximum Gasteiger partial charge on any atom is 0.408 e. The van der Waals surface area contributed by atoms with Crippen LogP contribution in [0.25, 0.3) is 44.3 Å². The number of aryl methyl sites for hydroxylation is 4. The summed E-state index contributed by atoms with van der Waals surface area (Å²) in [4.78, 5) is 148. The summed E-state index contributed by atoms with van der Waals surface area (Å²) in [5.74, 6) is -4.60. The lowest BCUT2D eigenvalue weighted by Crippen LogP contribution is -2.60. The van der Waals surface area contributed by atoms with E-state index in [9.17, 15) is 69.9 Å². The van der Waals surface area contributed by atoms with Crippen LogP contribution in [-0.2, 0) is 67.9 Å². The molecule has 4 aliphatic carbocycles. The number of rotatable bonds is 27. The molecule has 6 fully saturated rings. The molecule has 0 bridgehead atoms. The zero-order chi connectivity index (χ0) is 97.6. The Balaban J connectivity index is 0.000000208. The Morgan fingerprint density at radius 2 is 0.910 bits per heavy atom. The third-order valence-electron chi connectivity index (χ3n) is 24.1. The number of carbonyl (C=O) groups excluding carboxylic acids is 9. The highest BCUT2D eigenvalue weighted by atomic mass is 32.2. The maximum absolute atomic E-state index is 14.9.